The Morgan fingerprint density at radius 1 is 1.10 bits per heavy atom. The van der Waals surface area contributed by atoms with Crippen LogP contribution < -0.4 is 10.1 Å². The zero-order valence-corrected chi connectivity index (χ0v) is 21.5. The molecule has 202 valence electrons. The molecule has 0 radical (unpaired) electrons. The highest BCUT2D eigenvalue weighted by atomic mass is 16.5. The number of aromatic nitrogens is 1. The summed E-state index contributed by atoms with van der Waals surface area (Å²) in [5.41, 5.74) is 4.28. The van der Waals surface area contributed by atoms with Crippen LogP contribution in [-0.4, -0.2) is 68.2 Å². The maximum Gasteiger partial charge on any atom is 0.407 e. The Kier molecular flexibility index (Phi) is 7.47. The molecule has 1 unspecified atom stereocenters. The van der Waals surface area contributed by atoms with Gasteiger partial charge in [-0.05, 0) is 59.9 Å². The summed E-state index contributed by atoms with van der Waals surface area (Å²) in [5, 5.41) is 23.4. The van der Waals surface area contributed by atoms with E-state index in [0.29, 0.717) is 37.2 Å². The summed E-state index contributed by atoms with van der Waals surface area (Å²) in [6.45, 7) is 2.87. The van der Waals surface area contributed by atoms with E-state index in [1.807, 2.05) is 36.4 Å². The number of carboxylic acid groups (broad SMARTS) is 1. The first-order valence-electron chi connectivity index (χ1n) is 12.9. The molecule has 0 saturated carbocycles. The Morgan fingerprint density at radius 2 is 1.85 bits per heavy atom. The van der Waals surface area contributed by atoms with Gasteiger partial charge < -0.3 is 25.2 Å². The number of nitrogens with one attached hydrogen (secondary N) is 1. The molecule has 3 N–H and O–H groups in total. The normalized spacial score (nSPS) is 16.9. The van der Waals surface area contributed by atoms with Crippen LogP contribution in [0.15, 0.2) is 60.9 Å². The molecule has 3 aromatic rings. The third-order valence-corrected chi connectivity index (χ3v) is 7.20. The Morgan fingerprint density at radius 3 is 2.56 bits per heavy atom. The van der Waals surface area contributed by atoms with Crippen LogP contribution in [-0.2, 0) is 26.1 Å². The maximum absolute atomic E-state index is 13.3. The summed E-state index contributed by atoms with van der Waals surface area (Å²) in [6.07, 6.45) is 1.45. The second-order valence-corrected chi connectivity index (χ2v) is 9.68. The molecule has 5 rings (SSSR count). The van der Waals surface area contributed by atoms with Crippen LogP contribution in [0.3, 0.4) is 0 Å². The molecule has 3 amide bonds. The summed E-state index contributed by atoms with van der Waals surface area (Å²) in [5.74, 6) is -0.337. The molecule has 3 heterocycles. The molecule has 2 aromatic carbocycles. The summed E-state index contributed by atoms with van der Waals surface area (Å²) in [7, 11) is 0. The van der Waals surface area contributed by atoms with Crippen molar-refractivity contribution in [2.45, 2.75) is 45.1 Å². The smallest absolute Gasteiger partial charge is 0.407 e. The fourth-order valence-corrected chi connectivity index (χ4v) is 5.22. The number of hydrogen-bond donors (Lipinski definition) is 3. The van der Waals surface area contributed by atoms with E-state index in [-0.39, 0.29) is 30.3 Å². The Hall–Kier alpha value is -4.44. The molecule has 0 aliphatic carbocycles. The largest absolute Gasteiger partial charge is 0.493 e. The summed E-state index contributed by atoms with van der Waals surface area (Å²) in [4.78, 5) is 45.2. The van der Waals surface area contributed by atoms with E-state index in [4.69, 9.17) is 4.74 Å². The van der Waals surface area contributed by atoms with Gasteiger partial charge in [-0.1, -0.05) is 24.3 Å². The third-order valence-electron chi connectivity index (χ3n) is 7.20. The van der Waals surface area contributed by atoms with Gasteiger partial charge in [0.05, 0.1) is 24.3 Å². The Balaban J connectivity index is 1.31. The minimum atomic E-state index is -1.13. The van der Waals surface area contributed by atoms with Gasteiger partial charge in [-0.25, -0.2) is 4.79 Å². The van der Waals surface area contributed by atoms with Gasteiger partial charge in [0.25, 0.3) is 11.8 Å². The minimum Gasteiger partial charge on any atom is -0.493 e. The fraction of sp³-hybridized carbons (Fsp3) is 0.310. The van der Waals surface area contributed by atoms with Gasteiger partial charge in [0.15, 0.2) is 0 Å². The maximum atomic E-state index is 13.3. The molecule has 39 heavy (non-hydrogen) atoms. The molecule has 0 fully saturated rings. The topological polar surface area (TPSA) is 132 Å². The average molecular weight is 531 g/mol. The van der Waals surface area contributed by atoms with Gasteiger partial charge in [-0.3, -0.25) is 19.5 Å². The predicted molar refractivity (Wildman–Crippen MR) is 141 cm³/mol. The van der Waals surface area contributed by atoms with Crippen LogP contribution in [0.25, 0.3) is 0 Å². The second-order valence-electron chi connectivity index (χ2n) is 9.68. The zero-order valence-electron chi connectivity index (χ0n) is 21.5. The minimum absolute atomic E-state index is 0.142. The first kappa shape index (κ1) is 26.2. The highest BCUT2D eigenvalue weighted by molar-refractivity contribution is 6.03. The van der Waals surface area contributed by atoms with E-state index in [1.54, 1.807) is 36.4 Å². The predicted octanol–water partition coefficient (Wildman–Crippen LogP) is 2.83. The number of hydrogen-bond acceptors (Lipinski definition) is 6. The van der Waals surface area contributed by atoms with Gasteiger partial charge in [0, 0.05) is 44.1 Å². The number of aliphatic hydroxyl groups is 1. The number of ether oxygens (including phenoxy) is 1. The van der Waals surface area contributed by atoms with Crippen molar-refractivity contribution in [1.29, 1.82) is 0 Å². The van der Waals surface area contributed by atoms with Crippen LogP contribution in [0.1, 0.15) is 49.9 Å². The molecular weight excluding hydrogens is 500 g/mol. The summed E-state index contributed by atoms with van der Waals surface area (Å²) < 4.78 is 5.71. The highest BCUT2D eigenvalue weighted by Crippen LogP contribution is 2.32. The number of nitrogens with zero attached hydrogens (tertiary/aromatic N) is 3. The van der Waals surface area contributed by atoms with Crippen molar-refractivity contribution >= 4 is 17.9 Å². The first-order valence-corrected chi connectivity index (χ1v) is 12.9. The lowest BCUT2D eigenvalue weighted by atomic mass is 9.91. The number of carbonyl (C=O) groups excluding carboxylic acids is 2. The number of aliphatic hydroxyl groups excluding tert-OH is 1. The van der Waals surface area contributed by atoms with Crippen LogP contribution in [0, 0.1) is 0 Å². The van der Waals surface area contributed by atoms with Gasteiger partial charge in [-0.15, -0.1) is 0 Å². The molecule has 2 atom stereocenters. The standard InChI is InChI=1S/C29H30N4O6/c1-2-39-26-13-22-21(16-32(28(22)36)15-18-7-9-30-10-8-18)11-23(26)27(35)31-14-25(34)24-12-19-5-3-4-6-20(19)17-33(24)29(37)38/h3-11,13,24-25,34H,2,12,14-17H2,1H3,(H,31,35)(H,37,38)/t24-,25?/m0/s1. The third kappa shape index (κ3) is 5.42. The number of rotatable bonds is 8. The summed E-state index contributed by atoms with van der Waals surface area (Å²) >= 11 is 0. The van der Waals surface area contributed by atoms with Gasteiger partial charge >= 0.3 is 6.09 Å². The average Bonchev–Trinajstić information content (AvgIpc) is 3.24. The van der Waals surface area contributed by atoms with Gasteiger partial charge in [-0.2, -0.15) is 0 Å². The Labute approximate surface area is 225 Å². The highest BCUT2D eigenvalue weighted by Gasteiger charge is 2.35. The van der Waals surface area contributed by atoms with E-state index in [2.05, 4.69) is 10.3 Å². The van der Waals surface area contributed by atoms with Crippen molar-refractivity contribution in [2.75, 3.05) is 13.2 Å². The van der Waals surface area contributed by atoms with Gasteiger partial charge in [0.2, 0.25) is 0 Å². The molecule has 10 nitrogen and oxygen atoms in total. The van der Waals surface area contributed by atoms with Crippen molar-refractivity contribution in [3.63, 3.8) is 0 Å². The second kappa shape index (κ2) is 11.1. The monoisotopic (exact) mass is 530 g/mol. The number of pyridine rings is 1. The molecule has 0 bridgehead atoms. The Bertz CT molecular complexity index is 1400. The molecule has 10 heteroatoms. The number of amides is 3. The van der Waals surface area contributed by atoms with Crippen molar-refractivity contribution in [3.05, 3.63) is 94.3 Å². The van der Waals surface area contributed by atoms with Crippen molar-refractivity contribution in [1.82, 2.24) is 20.1 Å². The van der Waals surface area contributed by atoms with Crippen LogP contribution in [0.5, 0.6) is 5.75 Å². The summed E-state index contributed by atoms with van der Waals surface area (Å²) in [6, 6.07) is 13.8. The van der Waals surface area contributed by atoms with Crippen molar-refractivity contribution in [2.24, 2.45) is 0 Å². The zero-order chi connectivity index (χ0) is 27.5. The molecule has 0 saturated heterocycles. The van der Waals surface area contributed by atoms with E-state index in [1.165, 1.54) is 4.90 Å². The van der Waals surface area contributed by atoms with E-state index in [0.717, 1.165) is 16.7 Å². The first-order chi connectivity index (χ1) is 18.9. The molecule has 2 aliphatic heterocycles. The molecular formula is C29H30N4O6. The van der Waals surface area contributed by atoms with E-state index in [9.17, 15) is 24.6 Å². The molecule has 2 aliphatic rings. The van der Waals surface area contributed by atoms with Crippen LogP contribution >= 0.6 is 0 Å². The molecule has 0 spiro atoms. The number of fused-ring (bicyclic) bond motifs is 2. The van der Waals surface area contributed by atoms with E-state index >= 15 is 0 Å². The van der Waals surface area contributed by atoms with Gasteiger partial charge in [0.1, 0.15) is 5.75 Å². The lowest BCUT2D eigenvalue weighted by Crippen LogP contribution is -2.53. The van der Waals surface area contributed by atoms with Crippen molar-refractivity contribution < 1.29 is 29.3 Å². The number of carbonyl (C=O) groups is 3. The van der Waals surface area contributed by atoms with E-state index < -0.39 is 24.1 Å². The molecule has 1 aromatic heterocycles. The quantitative estimate of drug-likeness (QED) is 0.408. The van der Waals surface area contributed by atoms with Crippen LogP contribution in [0.4, 0.5) is 4.79 Å². The number of benzene rings is 2. The fourth-order valence-electron chi connectivity index (χ4n) is 5.22. The van der Waals surface area contributed by atoms with Crippen LogP contribution in [0.2, 0.25) is 0 Å². The lowest BCUT2D eigenvalue weighted by molar-refractivity contribution is 0.0382. The SMILES string of the molecule is CCOc1cc2c(cc1C(=O)NCC(O)[C@@H]1Cc3ccccc3CN1C(=O)O)CN(Cc1ccncc1)C2=O. The lowest BCUT2D eigenvalue weighted by Gasteiger charge is -2.37. The van der Waals surface area contributed by atoms with Crippen molar-refractivity contribution in [3.8, 4) is 5.75 Å².